The van der Waals surface area contributed by atoms with Crippen LogP contribution in [0.2, 0.25) is 0 Å². The van der Waals surface area contributed by atoms with E-state index in [2.05, 4.69) is 25.7 Å². The van der Waals surface area contributed by atoms with Gasteiger partial charge >= 0.3 is 0 Å². The molecule has 1 aliphatic carbocycles. The van der Waals surface area contributed by atoms with Gasteiger partial charge in [0, 0.05) is 26.1 Å². The van der Waals surface area contributed by atoms with E-state index < -0.39 is 0 Å². The maximum Gasteiger partial charge on any atom is 0.191 e. The molecule has 0 aromatic carbocycles. The van der Waals surface area contributed by atoms with Gasteiger partial charge in [-0.3, -0.25) is 4.99 Å². The molecule has 2 unspecified atom stereocenters. The minimum Gasteiger partial charge on any atom is -0.391 e. The van der Waals surface area contributed by atoms with Crippen molar-refractivity contribution in [2.45, 2.75) is 70.6 Å². The highest BCUT2D eigenvalue weighted by atomic mass is 127. The van der Waals surface area contributed by atoms with Gasteiger partial charge in [0.2, 0.25) is 0 Å². The first kappa shape index (κ1) is 20.4. The first-order chi connectivity index (χ1) is 11.7. The summed E-state index contributed by atoms with van der Waals surface area (Å²) in [6, 6.07) is 0.289. The molecule has 1 fully saturated rings. The van der Waals surface area contributed by atoms with Crippen molar-refractivity contribution >= 4 is 29.9 Å². The van der Waals surface area contributed by atoms with Crippen molar-refractivity contribution in [2.24, 2.45) is 10.9 Å². The average molecular weight is 462 g/mol. The lowest BCUT2D eigenvalue weighted by atomic mass is 9.85. The number of rotatable bonds is 4. The second-order valence-corrected chi connectivity index (χ2v) is 7.06. The van der Waals surface area contributed by atoms with Gasteiger partial charge in [0.25, 0.3) is 0 Å². The Morgan fingerprint density at radius 1 is 1.32 bits per heavy atom. The Morgan fingerprint density at radius 3 is 2.80 bits per heavy atom. The third-order valence-electron chi connectivity index (χ3n) is 5.20. The van der Waals surface area contributed by atoms with Gasteiger partial charge in [-0.15, -0.1) is 24.0 Å². The van der Waals surface area contributed by atoms with E-state index in [-0.39, 0.29) is 36.1 Å². The molecule has 1 aromatic heterocycles. The predicted octanol–water partition coefficient (Wildman–Crippen LogP) is 1.63. The lowest BCUT2D eigenvalue weighted by Gasteiger charge is -2.28. The molecule has 0 spiro atoms. The van der Waals surface area contributed by atoms with Crippen LogP contribution in [0, 0.1) is 12.8 Å². The standard InChI is InChI=1S/C17H30N6O.HI/c1-12-20-16-9-8-14(11-23(16)22-12)21-17(18-2)19-10-15(24)13-6-4-3-5-7-13;/h13-15,24H,3-11H2,1-2H3,(H2,18,19,21);1H. The van der Waals surface area contributed by atoms with Crippen molar-refractivity contribution in [3.63, 3.8) is 0 Å². The highest BCUT2D eigenvalue weighted by Crippen LogP contribution is 2.26. The summed E-state index contributed by atoms with van der Waals surface area (Å²) in [6.45, 7) is 3.30. The maximum atomic E-state index is 10.4. The molecule has 25 heavy (non-hydrogen) atoms. The Hall–Kier alpha value is -0.900. The van der Waals surface area contributed by atoms with Crippen LogP contribution < -0.4 is 10.6 Å². The SMILES string of the molecule is CN=C(NCC(O)C1CCCCC1)NC1CCc2nc(C)nn2C1.I. The van der Waals surface area contributed by atoms with Crippen LogP contribution in [0.15, 0.2) is 4.99 Å². The molecule has 0 bridgehead atoms. The van der Waals surface area contributed by atoms with Crippen LogP contribution in [-0.4, -0.2) is 51.6 Å². The number of guanidine groups is 1. The second kappa shape index (κ2) is 9.70. The fourth-order valence-electron chi connectivity index (χ4n) is 3.83. The molecule has 0 amide bonds. The largest absolute Gasteiger partial charge is 0.391 e. The topological polar surface area (TPSA) is 87.4 Å². The van der Waals surface area contributed by atoms with Crippen LogP contribution in [0.5, 0.6) is 0 Å². The zero-order valence-electron chi connectivity index (χ0n) is 15.2. The van der Waals surface area contributed by atoms with Gasteiger partial charge in [-0.05, 0) is 32.1 Å². The Morgan fingerprint density at radius 2 is 2.08 bits per heavy atom. The second-order valence-electron chi connectivity index (χ2n) is 7.06. The molecule has 2 atom stereocenters. The lowest BCUT2D eigenvalue weighted by Crippen LogP contribution is -2.49. The number of aliphatic imine (C=N–C) groups is 1. The quantitative estimate of drug-likeness (QED) is 0.360. The number of halogens is 1. The molecular formula is C17H31IN6O. The van der Waals surface area contributed by atoms with Crippen molar-refractivity contribution in [3.8, 4) is 0 Å². The number of fused-ring (bicyclic) bond motifs is 1. The molecule has 7 nitrogen and oxygen atoms in total. The van der Waals surface area contributed by atoms with E-state index >= 15 is 0 Å². The molecule has 0 saturated heterocycles. The molecular weight excluding hydrogens is 431 g/mol. The van der Waals surface area contributed by atoms with E-state index in [1.54, 1.807) is 7.05 Å². The zero-order valence-corrected chi connectivity index (χ0v) is 17.6. The molecule has 8 heteroatoms. The van der Waals surface area contributed by atoms with Crippen LogP contribution in [-0.2, 0) is 13.0 Å². The summed E-state index contributed by atoms with van der Waals surface area (Å²) < 4.78 is 1.99. The highest BCUT2D eigenvalue weighted by Gasteiger charge is 2.24. The smallest absolute Gasteiger partial charge is 0.191 e. The Balaban J connectivity index is 0.00000225. The average Bonchev–Trinajstić information content (AvgIpc) is 2.98. The van der Waals surface area contributed by atoms with E-state index in [1.165, 1.54) is 19.3 Å². The first-order valence-corrected chi connectivity index (χ1v) is 9.21. The number of aromatic nitrogens is 3. The monoisotopic (exact) mass is 462 g/mol. The number of aryl methyl sites for hydroxylation is 2. The van der Waals surface area contributed by atoms with Gasteiger partial charge in [-0.2, -0.15) is 5.10 Å². The minimum atomic E-state index is -0.292. The summed E-state index contributed by atoms with van der Waals surface area (Å²) in [5, 5.41) is 21.6. The Kier molecular flexibility index (Phi) is 7.92. The van der Waals surface area contributed by atoms with Crippen molar-refractivity contribution < 1.29 is 5.11 Å². The molecule has 2 heterocycles. The lowest BCUT2D eigenvalue weighted by molar-refractivity contribution is 0.0879. The number of nitrogens with one attached hydrogen (secondary N) is 2. The van der Waals surface area contributed by atoms with Gasteiger partial charge in [0.1, 0.15) is 11.6 Å². The van der Waals surface area contributed by atoms with E-state index in [0.29, 0.717) is 12.5 Å². The summed E-state index contributed by atoms with van der Waals surface area (Å²) in [5.41, 5.74) is 0. The summed E-state index contributed by atoms with van der Waals surface area (Å²) in [7, 11) is 1.77. The molecule has 1 saturated carbocycles. The van der Waals surface area contributed by atoms with Gasteiger partial charge in [0.15, 0.2) is 5.96 Å². The third kappa shape index (κ3) is 5.54. The summed E-state index contributed by atoms with van der Waals surface area (Å²) in [5.74, 6) is 3.10. The van der Waals surface area contributed by atoms with Crippen molar-refractivity contribution in [1.29, 1.82) is 0 Å². The number of hydrogen-bond donors (Lipinski definition) is 3. The van der Waals surface area contributed by atoms with Crippen LogP contribution in [0.1, 0.15) is 50.2 Å². The number of nitrogens with zero attached hydrogens (tertiary/aromatic N) is 4. The maximum absolute atomic E-state index is 10.4. The molecule has 0 radical (unpaired) electrons. The Labute approximate surface area is 167 Å². The summed E-state index contributed by atoms with van der Waals surface area (Å²) >= 11 is 0. The van der Waals surface area contributed by atoms with E-state index in [9.17, 15) is 5.11 Å². The number of aliphatic hydroxyl groups excluding tert-OH is 1. The summed E-state index contributed by atoms with van der Waals surface area (Å²) in [6.07, 6.45) is 7.75. The van der Waals surface area contributed by atoms with E-state index in [4.69, 9.17) is 0 Å². The van der Waals surface area contributed by atoms with Gasteiger partial charge < -0.3 is 15.7 Å². The third-order valence-corrected chi connectivity index (χ3v) is 5.20. The zero-order chi connectivity index (χ0) is 16.9. The molecule has 1 aromatic rings. The molecule has 1 aliphatic heterocycles. The molecule has 2 aliphatic rings. The normalized spacial score (nSPS) is 22.7. The number of aliphatic hydroxyl groups is 1. The van der Waals surface area contributed by atoms with Gasteiger partial charge in [0.05, 0.1) is 12.6 Å². The van der Waals surface area contributed by atoms with Gasteiger partial charge in [-0.1, -0.05) is 19.3 Å². The van der Waals surface area contributed by atoms with E-state index in [0.717, 1.165) is 49.8 Å². The Bertz CT molecular complexity index is 569. The fraction of sp³-hybridized carbons (Fsp3) is 0.824. The number of hydrogen-bond acceptors (Lipinski definition) is 4. The predicted molar refractivity (Wildman–Crippen MR) is 109 cm³/mol. The first-order valence-electron chi connectivity index (χ1n) is 9.21. The van der Waals surface area contributed by atoms with Crippen LogP contribution in [0.25, 0.3) is 0 Å². The van der Waals surface area contributed by atoms with Crippen LogP contribution in [0.3, 0.4) is 0 Å². The summed E-state index contributed by atoms with van der Waals surface area (Å²) in [4.78, 5) is 8.74. The van der Waals surface area contributed by atoms with Crippen molar-refractivity contribution in [1.82, 2.24) is 25.4 Å². The van der Waals surface area contributed by atoms with E-state index in [1.807, 2.05) is 11.6 Å². The fourth-order valence-corrected chi connectivity index (χ4v) is 3.83. The van der Waals surface area contributed by atoms with Crippen molar-refractivity contribution in [3.05, 3.63) is 11.6 Å². The van der Waals surface area contributed by atoms with Crippen LogP contribution >= 0.6 is 24.0 Å². The molecule has 142 valence electrons. The van der Waals surface area contributed by atoms with Crippen molar-refractivity contribution in [2.75, 3.05) is 13.6 Å². The minimum absolute atomic E-state index is 0. The van der Waals surface area contributed by atoms with Gasteiger partial charge in [-0.25, -0.2) is 9.67 Å². The highest BCUT2D eigenvalue weighted by molar-refractivity contribution is 14.0. The molecule has 3 N–H and O–H groups in total. The molecule has 3 rings (SSSR count). The van der Waals surface area contributed by atoms with Crippen LogP contribution in [0.4, 0.5) is 0 Å².